The summed E-state index contributed by atoms with van der Waals surface area (Å²) in [5.41, 5.74) is 7.09. The van der Waals surface area contributed by atoms with Gasteiger partial charge >= 0.3 is 0 Å². The number of halogens is 1. The van der Waals surface area contributed by atoms with Gasteiger partial charge in [0.2, 0.25) is 0 Å². The first-order chi connectivity index (χ1) is 9.61. The highest BCUT2D eigenvalue weighted by Crippen LogP contribution is 2.32. The molecule has 0 amide bonds. The molecule has 0 saturated heterocycles. The van der Waals surface area contributed by atoms with Crippen LogP contribution < -0.4 is 15.8 Å². The standard InChI is InChI=1S/C16H25FN2O/c1-3-20-16-9-15(14(18)8-13(16)17)19-10-12-7-5-4-6-11(12)2/h8-9,11-12,19H,3-7,10,18H2,1-2H3. The van der Waals surface area contributed by atoms with E-state index in [9.17, 15) is 4.39 Å². The Morgan fingerprint density at radius 1 is 1.35 bits per heavy atom. The number of nitrogens with one attached hydrogen (secondary N) is 1. The fourth-order valence-electron chi connectivity index (χ4n) is 2.93. The van der Waals surface area contributed by atoms with Crippen LogP contribution in [-0.2, 0) is 0 Å². The van der Waals surface area contributed by atoms with Crippen molar-refractivity contribution in [1.82, 2.24) is 0 Å². The molecule has 0 bridgehead atoms. The van der Waals surface area contributed by atoms with E-state index in [1.54, 1.807) is 6.07 Å². The van der Waals surface area contributed by atoms with E-state index in [0.717, 1.165) is 18.2 Å². The number of hydrogen-bond acceptors (Lipinski definition) is 3. The highest BCUT2D eigenvalue weighted by molar-refractivity contribution is 5.68. The largest absolute Gasteiger partial charge is 0.491 e. The summed E-state index contributed by atoms with van der Waals surface area (Å²) < 4.78 is 18.9. The lowest BCUT2D eigenvalue weighted by molar-refractivity contribution is 0.268. The van der Waals surface area contributed by atoms with Gasteiger partial charge in [0.05, 0.1) is 18.0 Å². The van der Waals surface area contributed by atoms with Gasteiger partial charge in [0.1, 0.15) is 0 Å². The molecule has 0 aliphatic heterocycles. The number of benzene rings is 1. The lowest BCUT2D eigenvalue weighted by atomic mass is 9.80. The Balaban J connectivity index is 2.02. The van der Waals surface area contributed by atoms with Crippen molar-refractivity contribution in [1.29, 1.82) is 0 Å². The van der Waals surface area contributed by atoms with Crippen LogP contribution in [0.4, 0.5) is 15.8 Å². The molecular formula is C16H25FN2O. The molecule has 2 unspecified atom stereocenters. The minimum absolute atomic E-state index is 0.265. The number of nitrogen functional groups attached to an aromatic ring is 1. The molecule has 3 N–H and O–H groups in total. The fourth-order valence-corrected chi connectivity index (χ4v) is 2.93. The summed E-state index contributed by atoms with van der Waals surface area (Å²) in [5.74, 6) is 1.27. The maximum absolute atomic E-state index is 13.6. The molecule has 1 aromatic rings. The molecule has 1 aliphatic rings. The van der Waals surface area contributed by atoms with E-state index in [4.69, 9.17) is 10.5 Å². The van der Waals surface area contributed by atoms with Gasteiger partial charge in [-0.2, -0.15) is 0 Å². The molecule has 2 rings (SSSR count). The lowest BCUT2D eigenvalue weighted by Gasteiger charge is -2.29. The average Bonchev–Trinajstić information content (AvgIpc) is 2.42. The third kappa shape index (κ3) is 3.56. The number of nitrogens with two attached hydrogens (primary N) is 1. The van der Waals surface area contributed by atoms with Crippen molar-refractivity contribution in [2.24, 2.45) is 11.8 Å². The van der Waals surface area contributed by atoms with Crippen LogP contribution >= 0.6 is 0 Å². The molecule has 0 spiro atoms. The van der Waals surface area contributed by atoms with Crippen LogP contribution in [0.2, 0.25) is 0 Å². The van der Waals surface area contributed by atoms with Crippen molar-refractivity contribution in [3.63, 3.8) is 0 Å². The van der Waals surface area contributed by atoms with E-state index in [0.29, 0.717) is 18.2 Å². The monoisotopic (exact) mass is 280 g/mol. The summed E-state index contributed by atoms with van der Waals surface area (Å²) in [4.78, 5) is 0. The molecule has 112 valence electrons. The first-order valence-electron chi connectivity index (χ1n) is 7.57. The Morgan fingerprint density at radius 3 is 2.80 bits per heavy atom. The second-order valence-corrected chi connectivity index (χ2v) is 5.71. The fraction of sp³-hybridized carbons (Fsp3) is 0.625. The van der Waals surface area contributed by atoms with E-state index < -0.39 is 5.82 Å². The second-order valence-electron chi connectivity index (χ2n) is 5.71. The van der Waals surface area contributed by atoms with Crippen molar-refractivity contribution < 1.29 is 9.13 Å². The summed E-state index contributed by atoms with van der Waals surface area (Å²) in [5, 5.41) is 3.37. The van der Waals surface area contributed by atoms with Crippen molar-refractivity contribution in [2.75, 3.05) is 24.2 Å². The molecule has 20 heavy (non-hydrogen) atoms. The molecule has 4 heteroatoms. The van der Waals surface area contributed by atoms with Crippen LogP contribution in [0, 0.1) is 17.7 Å². The van der Waals surface area contributed by atoms with Crippen LogP contribution in [0.25, 0.3) is 0 Å². The van der Waals surface area contributed by atoms with E-state index >= 15 is 0 Å². The SMILES string of the molecule is CCOc1cc(NCC2CCCCC2C)c(N)cc1F. The van der Waals surface area contributed by atoms with Crippen molar-refractivity contribution in [3.05, 3.63) is 17.9 Å². The highest BCUT2D eigenvalue weighted by Gasteiger charge is 2.21. The maximum Gasteiger partial charge on any atom is 0.167 e. The Labute approximate surface area is 120 Å². The van der Waals surface area contributed by atoms with Crippen LogP contribution in [-0.4, -0.2) is 13.2 Å². The van der Waals surface area contributed by atoms with Gasteiger partial charge in [-0.15, -0.1) is 0 Å². The zero-order valence-corrected chi connectivity index (χ0v) is 12.4. The van der Waals surface area contributed by atoms with E-state index in [2.05, 4.69) is 12.2 Å². The quantitative estimate of drug-likeness (QED) is 0.800. The number of hydrogen-bond donors (Lipinski definition) is 2. The summed E-state index contributed by atoms with van der Waals surface area (Å²) in [6.07, 6.45) is 5.20. The summed E-state index contributed by atoms with van der Waals surface area (Å²) in [6, 6.07) is 3.00. The predicted octanol–water partition coefficient (Wildman–Crippen LogP) is 4.04. The molecule has 1 fully saturated rings. The van der Waals surface area contributed by atoms with Gasteiger partial charge in [-0.1, -0.05) is 26.2 Å². The van der Waals surface area contributed by atoms with Gasteiger partial charge in [0.15, 0.2) is 11.6 Å². The Morgan fingerprint density at radius 2 is 2.10 bits per heavy atom. The van der Waals surface area contributed by atoms with Crippen LogP contribution in [0.1, 0.15) is 39.5 Å². The topological polar surface area (TPSA) is 47.3 Å². The van der Waals surface area contributed by atoms with E-state index in [1.807, 2.05) is 6.92 Å². The first-order valence-corrected chi connectivity index (χ1v) is 7.57. The first kappa shape index (κ1) is 14.9. The summed E-state index contributed by atoms with van der Waals surface area (Å²) >= 11 is 0. The molecule has 2 atom stereocenters. The number of rotatable bonds is 5. The smallest absolute Gasteiger partial charge is 0.167 e. The van der Waals surface area contributed by atoms with Gasteiger partial charge in [0, 0.05) is 18.7 Å². The Bertz CT molecular complexity index is 450. The molecule has 0 heterocycles. The zero-order chi connectivity index (χ0) is 14.5. The average molecular weight is 280 g/mol. The van der Waals surface area contributed by atoms with Gasteiger partial charge in [-0.3, -0.25) is 0 Å². The molecule has 0 radical (unpaired) electrons. The molecule has 3 nitrogen and oxygen atoms in total. The van der Waals surface area contributed by atoms with Crippen molar-refractivity contribution >= 4 is 11.4 Å². The minimum Gasteiger partial charge on any atom is -0.491 e. The number of anilines is 2. The lowest BCUT2D eigenvalue weighted by Crippen LogP contribution is -2.24. The van der Waals surface area contributed by atoms with E-state index in [1.165, 1.54) is 31.7 Å². The minimum atomic E-state index is -0.402. The zero-order valence-electron chi connectivity index (χ0n) is 12.4. The predicted molar refractivity (Wildman–Crippen MR) is 81.6 cm³/mol. The molecule has 1 saturated carbocycles. The summed E-state index contributed by atoms with van der Waals surface area (Å²) in [6.45, 7) is 5.49. The van der Waals surface area contributed by atoms with Crippen LogP contribution in [0.5, 0.6) is 5.75 Å². The third-order valence-corrected chi connectivity index (χ3v) is 4.25. The molecule has 0 aromatic heterocycles. The van der Waals surface area contributed by atoms with Gasteiger partial charge in [-0.25, -0.2) is 4.39 Å². The highest BCUT2D eigenvalue weighted by atomic mass is 19.1. The van der Waals surface area contributed by atoms with Crippen molar-refractivity contribution in [3.8, 4) is 5.75 Å². The Kier molecular flexibility index (Phi) is 5.10. The molecule has 1 aromatic carbocycles. The van der Waals surface area contributed by atoms with Crippen molar-refractivity contribution in [2.45, 2.75) is 39.5 Å². The van der Waals surface area contributed by atoms with Crippen LogP contribution in [0.15, 0.2) is 12.1 Å². The molecular weight excluding hydrogens is 255 g/mol. The van der Waals surface area contributed by atoms with Crippen LogP contribution in [0.3, 0.4) is 0 Å². The van der Waals surface area contributed by atoms with E-state index in [-0.39, 0.29) is 5.75 Å². The second kappa shape index (κ2) is 6.82. The van der Waals surface area contributed by atoms with Gasteiger partial charge in [0.25, 0.3) is 0 Å². The number of ether oxygens (including phenoxy) is 1. The summed E-state index contributed by atoms with van der Waals surface area (Å²) in [7, 11) is 0. The van der Waals surface area contributed by atoms with Gasteiger partial charge in [-0.05, 0) is 25.2 Å². The van der Waals surface area contributed by atoms with Gasteiger partial charge < -0.3 is 15.8 Å². The normalized spacial score (nSPS) is 22.6. The molecule has 1 aliphatic carbocycles. The maximum atomic E-state index is 13.6. The Hall–Kier alpha value is -1.45. The third-order valence-electron chi connectivity index (χ3n) is 4.25.